The van der Waals surface area contributed by atoms with Gasteiger partial charge in [-0.25, -0.2) is 18.1 Å². The van der Waals surface area contributed by atoms with Crippen LogP contribution < -0.4 is 10.0 Å². The Hall–Kier alpha value is -0.990. The second kappa shape index (κ2) is 5.11. The molecule has 1 aromatic heterocycles. The molecular formula is C9H17N5O2S. The highest BCUT2D eigenvalue weighted by molar-refractivity contribution is 7.90. The number of nitrogens with one attached hydrogen (secondary N) is 2. The van der Waals surface area contributed by atoms with Gasteiger partial charge in [0.2, 0.25) is 10.0 Å². The van der Waals surface area contributed by atoms with Crippen LogP contribution in [0, 0.1) is 0 Å². The molecule has 0 spiro atoms. The highest BCUT2D eigenvalue weighted by Gasteiger charge is 2.26. The Morgan fingerprint density at radius 1 is 1.53 bits per heavy atom. The monoisotopic (exact) mass is 259 g/mol. The quantitative estimate of drug-likeness (QED) is 0.723. The van der Waals surface area contributed by atoms with E-state index in [0.29, 0.717) is 18.7 Å². The van der Waals surface area contributed by atoms with Crippen molar-refractivity contribution in [2.24, 2.45) is 7.05 Å². The van der Waals surface area contributed by atoms with E-state index >= 15 is 0 Å². The van der Waals surface area contributed by atoms with E-state index in [1.165, 1.54) is 0 Å². The lowest BCUT2D eigenvalue weighted by atomic mass is 10.2. The van der Waals surface area contributed by atoms with Crippen LogP contribution in [0.2, 0.25) is 0 Å². The predicted octanol–water partition coefficient (Wildman–Crippen LogP) is -1.01. The molecule has 0 amide bonds. The van der Waals surface area contributed by atoms with E-state index < -0.39 is 10.0 Å². The molecule has 8 heteroatoms. The third-order valence-corrected chi connectivity index (χ3v) is 4.70. The van der Waals surface area contributed by atoms with Gasteiger partial charge in [0.25, 0.3) is 0 Å². The summed E-state index contributed by atoms with van der Waals surface area (Å²) in [6.45, 7) is 1.67. The van der Waals surface area contributed by atoms with Gasteiger partial charge in [-0.05, 0) is 25.9 Å². The molecule has 7 nitrogen and oxygen atoms in total. The van der Waals surface area contributed by atoms with E-state index in [2.05, 4.69) is 20.1 Å². The standard InChI is InChI=1S/C9H17N5O2S/c1-14-7-11-9(13-14)6-12-17(15,16)8-2-4-10-5-3-8/h7-8,10,12H,2-6H2,1H3. The van der Waals surface area contributed by atoms with Gasteiger partial charge in [-0.2, -0.15) is 5.10 Å². The highest BCUT2D eigenvalue weighted by Crippen LogP contribution is 2.12. The van der Waals surface area contributed by atoms with Crippen LogP contribution in [0.3, 0.4) is 0 Å². The molecule has 0 saturated carbocycles. The first-order valence-electron chi connectivity index (χ1n) is 5.61. The van der Waals surface area contributed by atoms with Crippen molar-refractivity contribution in [3.05, 3.63) is 12.2 Å². The first-order chi connectivity index (χ1) is 8.08. The van der Waals surface area contributed by atoms with Crippen LogP contribution in [0.4, 0.5) is 0 Å². The maximum atomic E-state index is 12.0. The fraction of sp³-hybridized carbons (Fsp3) is 0.778. The molecule has 17 heavy (non-hydrogen) atoms. The van der Waals surface area contributed by atoms with Gasteiger partial charge in [-0.1, -0.05) is 0 Å². The zero-order chi connectivity index (χ0) is 12.3. The minimum absolute atomic E-state index is 0.160. The molecule has 1 aliphatic heterocycles. The van der Waals surface area contributed by atoms with Gasteiger partial charge in [0.05, 0.1) is 11.8 Å². The summed E-state index contributed by atoms with van der Waals surface area (Å²) in [5.74, 6) is 0.491. The van der Waals surface area contributed by atoms with Crippen LogP contribution in [0.1, 0.15) is 18.7 Å². The fourth-order valence-electron chi connectivity index (χ4n) is 1.85. The molecule has 1 aliphatic rings. The minimum atomic E-state index is -3.25. The summed E-state index contributed by atoms with van der Waals surface area (Å²) >= 11 is 0. The molecule has 0 bridgehead atoms. The van der Waals surface area contributed by atoms with Crippen molar-refractivity contribution in [3.8, 4) is 0 Å². The summed E-state index contributed by atoms with van der Waals surface area (Å²) < 4.78 is 28.0. The van der Waals surface area contributed by atoms with Gasteiger partial charge < -0.3 is 5.32 Å². The minimum Gasteiger partial charge on any atom is -0.317 e. The normalized spacial score (nSPS) is 18.4. The van der Waals surface area contributed by atoms with Crippen LogP contribution >= 0.6 is 0 Å². The van der Waals surface area contributed by atoms with Crippen molar-refractivity contribution in [2.45, 2.75) is 24.6 Å². The smallest absolute Gasteiger partial charge is 0.214 e. The van der Waals surface area contributed by atoms with Gasteiger partial charge in [-0.3, -0.25) is 4.68 Å². The molecule has 1 fully saturated rings. The van der Waals surface area contributed by atoms with E-state index in [-0.39, 0.29) is 11.8 Å². The number of aromatic nitrogens is 3. The van der Waals surface area contributed by atoms with Crippen molar-refractivity contribution in [2.75, 3.05) is 13.1 Å². The van der Waals surface area contributed by atoms with Crippen molar-refractivity contribution in [1.29, 1.82) is 0 Å². The lowest BCUT2D eigenvalue weighted by Gasteiger charge is -2.22. The number of nitrogens with zero attached hydrogens (tertiary/aromatic N) is 3. The molecule has 0 aromatic carbocycles. The molecule has 2 rings (SSSR count). The first-order valence-corrected chi connectivity index (χ1v) is 7.16. The summed E-state index contributed by atoms with van der Waals surface area (Å²) in [6.07, 6.45) is 2.87. The van der Waals surface area contributed by atoms with Crippen LogP contribution in [0.25, 0.3) is 0 Å². The largest absolute Gasteiger partial charge is 0.317 e. The van der Waals surface area contributed by atoms with Crippen molar-refractivity contribution >= 4 is 10.0 Å². The van der Waals surface area contributed by atoms with Gasteiger partial charge in [-0.15, -0.1) is 0 Å². The molecule has 0 atom stereocenters. The summed E-state index contributed by atoms with van der Waals surface area (Å²) in [7, 11) is -1.50. The van der Waals surface area contributed by atoms with Crippen LogP contribution in [0.15, 0.2) is 6.33 Å². The summed E-state index contributed by atoms with van der Waals surface area (Å²) in [5, 5.41) is 6.87. The highest BCUT2D eigenvalue weighted by atomic mass is 32.2. The number of sulfonamides is 1. The average molecular weight is 259 g/mol. The molecule has 2 N–H and O–H groups in total. The number of rotatable bonds is 4. The van der Waals surface area contributed by atoms with Crippen LogP contribution in [-0.2, 0) is 23.6 Å². The van der Waals surface area contributed by atoms with E-state index in [1.807, 2.05) is 0 Å². The van der Waals surface area contributed by atoms with Crippen LogP contribution in [-0.4, -0.2) is 41.5 Å². The van der Waals surface area contributed by atoms with Gasteiger partial charge in [0, 0.05) is 7.05 Å². The van der Waals surface area contributed by atoms with Gasteiger partial charge in [0.15, 0.2) is 5.82 Å². The number of hydrogen-bond donors (Lipinski definition) is 2. The lowest BCUT2D eigenvalue weighted by molar-refractivity contribution is 0.488. The van der Waals surface area contributed by atoms with E-state index in [1.54, 1.807) is 18.1 Å². The number of hydrogen-bond acceptors (Lipinski definition) is 5. The molecule has 0 radical (unpaired) electrons. The summed E-state index contributed by atoms with van der Waals surface area (Å²) in [6, 6.07) is 0. The van der Waals surface area contributed by atoms with Gasteiger partial charge in [0.1, 0.15) is 6.33 Å². The Bertz CT molecular complexity index is 463. The molecule has 1 aromatic rings. The SMILES string of the molecule is Cn1cnc(CNS(=O)(=O)C2CCNCC2)n1. The Balaban J connectivity index is 1.92. The third kappa shape index (κ3) is 3.24. The maximum Gasteiger partial charge on any atom is 0.214 e. The zero-order valence-corrected chi connectivity index (χ0v) is 10.6. The molecule has 96 valence electrons. The van der Waals surface area contributed by atoms with Crippen molar-refractivity contribution in [3.63, 3.8) is 0 Å². The Kier molecular flexibility index (Phi) is 3.75. The Morgan fingerprint density at radius 3 is 2.82 bits per heavy atom. The van der Waals surface area contributed by atoms with E-state index in [0.717, 1.165) is 13.1 Å². The van der Waals surface area contributed by atoms with E-state index in [4.69, 9.17) is 0 Å². The third-order valence-electron chi connectivity index (χ3n) is 2.80. The van der Waals surface area contributed by atoms with Crippen molar-refractivity contribution in [1.82, 2.24) is 24.8 Å². The van der Waals surface area contributed by atoms with Crippen LogP contribution in [0.5, 0.6) is 0 Å². The number of piperidine rings is 1. The summed E-state index contributed by atoms with van der Waals surface area (Å²) in [5.41, 5.74) is 0. The average Bonchev–Trinajstić information content (AvgIpc) is 2.74. The number of aryl methyl sites for hydroxylation is 1. The zero-order valence-electron chi connectivity index (χ0n) is 9.76. The second-order valence-electron chi connectivity index (χ2n) is 4.15. The fourth-order valence-corrected chi connectivity index (χ4v) is 3.28. The van der Waals surface area contributed by atoms with Gasteiger partial charge >= 0.3 is 0 Å². The molecule has 1 saturated heterocycles. The Labute approximate surface area is 101 Å². The Morgan fingerprint density at radius 2 is 2.24 bits per heavy atom. The van der Waals surface area contributed by atoms with E-state index in [9.17, 15) is 8.42 Å². The lowest BCUT2D eigenvalue weighted by Crippen LogP contribution is -2.41. The molecule has 0 unspecified atom stereocenters. The van der Waals surface area contributed by atoms with Crippen molar-refractivity contribution < 1.29 is 8.42 Å². The summed E-state index contributed by atoms with van der Waals surface area (Å²) in [4.78, 5) is 3.98. The predicted molar refractivity (Wildman–Crippen MR) is 62.7 cm³/mol. The topological polar surface area (TPSA) is 88.9 Å². The second-order valence-corrected chi connectivity index (χ2v) is 6.20. The molecule has 2 heterocycles. The maximum absolute atomic E-state index is 12.0. The molecular weight excluding hydrogens is 242 g/mol. The molecule has 0 aliphatic carbocycles. The first kappa shape index (κ1) is 12.5.